The minimum Gasteiger partial charge on any atom is -0.396 e. The van der Waals surface area contributed by atoms with Crippen LogP contribution in [0.3, 0.4) is 0 Å². The molecular weight excluding hydrogens is 454 g/mol. The van der Waals surface area contributed by atoms with Crippen molar-refractivity contribution in [1.82, 2.24) is 10.2 Å². The van der Waals surface area contributed by atoms with Crippen LogP contribution in [0, 0.1) is 0 Å². The molecule has 7 N–H and O–H groups in total. The monoisotopic (exact) mass is 499 g/mol. The number of ketones is 1. The van der Waals surface area contributed by atoms with E-state index in [2.05, 4.69) is 5.32 Å². The van der Waals surface area contributed by atoms with Crippen molar-refractivity contribution in [3.05, 3.63) is 12.3 Å². The second-order valence-corrected chi connectivity index (χ2v) is 9.74. The second-order valence-electron chi connectivity index (χ2n) is 9.74. The standard InChI is InChI=1S/C25H45N3O7/c26-25(15-16-28(24(34)27-25)23-22(33)21(32)19(18-30)35-23)20(31)14-12-10-8-6-4-2-1-3-5-7-9-11-13-17-29/h15-16,19,21-23,29-30,32-33H,1-14,17-18,26H2,(H,27,34)/t19-,21-,22+,23-,25?/m1/s1. The van der Waals surface area contributed by atoms with Gasteiger partial charge in [0.1, 0.15) is 18.3 Å². The van der Waals surface area contributed by atoms with Crippen molar-refractivity contribution in [2.75, 3.05) is 13.2 Å². The predicted octanol–water partition coefficient (Wildman–Crippen LogP) is 1.64. The summed E-state index contributed by atoms with van der Waals surface area (Å²) in [6.45, 7) is -0.199. The topological polar surface area (TPSA) is 166 Å². The smallest absolute Gasteiger partial charge is 0.325 e. The Hall–Kier alpha value is -1.56. The Balaban J connectivity index is 1.58. The number of nitrogens with two attached hydrogens (primary N) is 1. The lowest BCUT2D eigenvalue weighted by Crippen LogP contribution is -2.66. The number of carbonyl (C=O) groups is 2. The van der Waals surface area contributed by atoms with Crippen LogP contribution in [-0.2, 0) is 9.53 Å². The predicted molar refractivity (Wildman–Crippen MR) is 131 cm³/mol. The maximum absolute atomic E-state index is 12.7. The maximum Gasteiger partial charge on any atom is 0.325 e. The fourth-order valence-electron chi connectivity index (χ4n) is 4.57. The average molecular weight is 500 g/mol. The van der Waals surface area contributed by atoms with Crippen molar-refractivity contribution in [1.29, 1.82) is 0 Å². The number of unbranched alkanes of at least 4 members (excludes halogenated alkanes) is 12. The number of carbonyl (C=O) groups excluding carboxylic acids is 2. The highest BCUT2D eigenvalue weighted by Crippen LogP contribution is 2.26. The molecule has 10 nitrogen and oxygen atoms in total. The first-order valence-corrected chi connectivity index (χ1v) is 13.2. The SMILES string of the molecule is NC1(C(=O)CCCCCCCCCCCCCCCO)C=CN([C@@H]2O[C@H](CO)[C@@H](O)[C@@H]2O)C(=O)N1. The van der Waals surface area contributed by atoms with Crippen LogP contribution in [0.1, 0.15) is 89.9 Å². The van der Waals surface area contributed by atoms with Crippen LogP contribution in [0.4, 0.5) is 4.79 Å². The van der Waals surface area contributed by atoms with Gasteiger partial charge in [-0.05, 0) is 18.9 Å². The molecule has 2 heterocycles. The highest BCUT2D eigenvalue weighted by Gasteiger charge is 2.48. The minimum absolute atomic E-state index is 0.255. The number of aliphatic hydroxyl groups excluding tert-OH is 4. The van der Waals surface area contributed by atoms with E-state index in [0.717, 1.165) is 37.0 Å². The maximum atomic E-state index is 12.7. The van der Waals surface area contributed by atoms with Crippen LogP contribution in [0.15, 0.2) is 12.3 Å². The molecule has 35 heavy (non-hydrogen) atoms. The summed E-state index contributed by atoms with van der Waals surface area (Å²) in [5.74, 6) is -0.290. The molecule has 1 saturated heterocycles. The van der Waals surface area contributed by atoms with Gasteiger partial charge in [0.05, 0.1) is 6.61 Å². The highest BCUT2D eigenvalue weighted by molar-refractivity contribution is 5.95. The number of hydrogen-bond acceptors (Lipinski definition) is 8. The zero-order chi connectivity index (χ0) is 25.7. The first kappa shape index (κ1) is 29.7. The Bertz CT molecular complexity index is 677. The molecule has 0 aliphatic carbocycles. The van der Waals surface area contributed by atoms with Gasteiger partial charge in [0.2, 0.25) is 0 Å². The number of ether oxygens (including phenoxy) is 1. The fourth-order valence-corrected chi connectivity index (χ4v) is 4.57. The molecule has 2 aliphatic rings. The van der Waals surface area contributed by atoms with Crippen molar-refractivity contribution in [3.63, 3.8) is 0 Å². The molecule has 0 aromatic rings. The van der Waals surface area contributed by atoms with E-state index in [9.17, 15) is 24.9 Å². The fraction of sp³-hybridized carbons (Fsp3) is 0.840. The van der Waals surface area contributed by atoms with Crippen LogP contribution < -0.4 is 11.1 Å². The Labute approximate surface area is 208 Å². The number of Topliss-reactive ketones (excluding diaryl/α,β-unsaturated/α-hetero) is 1. The third-order valence-corrected chi connectivity index (χ3v) is 6.86. The van der Waals surface area contributed by atoms with Crippen molar-refractivity contribution in [3.8, 4) is 0 Å². The van der Waals surface area contributed by atoms with Crippen LogP contribution in [-0.4, -0.2) is 80.6 Å². The number of nitrogens with zero attached hydrogens (tertiary/aromatic N) is 1. The largest absolute Gasteiger partial charge is 0.396 e. The summed E-state index contributed by atoms with van der Waals surface area (Å²) >= 11 is 0. The Morgan fingerprint density at radius 2 is 1.43 bits per heavy atom. The van der Waals surface area contributed by atoms with E-state index in [1.54, 1.807) is 0 Å². The van der Waals surface area contributed by atoms with E-state index in [0.29, 0.717) is 13.0 Å². The van der Waals surface area contributed by atoms with Crippen LogP contribution in [0.5, 0.6) is 0 Å². The summed E-state index contributed by atoms with van der Waals surface area (Å²) < 4.78 is 5.36. The second kappa shape index (κ2) is 15.5. The minimum atomic E-state index is -1.62. The molecule has 0 bridgehead atoms. The lowest BCUT2D eigenvalue weighted by Gasteiger charge is -2.36. The molecule has 0 saturated carbocycles. The number of hydrogen-bond donors (Lipinski definition) is 6. The molecular formula is C25H45N3O7. The molecule has 10 heteroatoms. The van der Waals surface area contributed by atoms with Crippen molar-refractivity contribution in [2.45, 2.75) is 120 Å². The summed E-state index contributed by atoms with van der Waals surface area (Å²) in [6.07, 6.45) is 12.6. The summed E-state index contributed by atoms with van der Waals surface area (Å²) in [4.78, 5) is 26.2. The number of amides is 2. The van der Waals surface area contributed by atoms with Gasteiger partial charge in [0.25, 0.3) is 0 Å². The Kier molecular flexibility index (Phi) is 13.2. The average Bonchev–Trinajstić information content (AvgIpc) is 3.12. The molecule has 5 atom stereocenters. The van der Waals surface area contributed by atoms with E-state index >= 15 is 0 Å². The molecule has 0 aromatic heterocycles. The first-order valence-electron chi connectivity index (χ1n) is 13.2. The normalized spacial score (nSPS) is 28.5. The number of aliphatic hydroxyl groups is 4. The van der Waals surface area contributed by atoms with E-state index in [4.69, 9.17) is 15.6 Å². The summed E-state index contributed by atoms with van der Waals surface area (Å²) in [5.41, 5.74) is 4.50. The van der Waals surface area contributed by atoms with Crippen LogP contribution >= 0.6 is 0 Å². The molecule has 0 radical (unpaired) electrons. The zero-order valence-corrected chi connectivity index (χ0v) is 20.8. The van der Waals surface area contributed by atoms with E-state index in [1.165, 1.54) is 57.2 Å². The molecule has 0 aromatic carbocycles. The molecule has 0 spiro atoms. The van der Waals surface area contributed by atoms with E-state index < -0.39 is 42.8 Å². The van der Waals surface area contributed by atoms with E-state index in [1.807, 2.05) is 0 Å². The van der Waals surface area contributed by atoms with Crippen molar-refractivity contribution < 1.29 is 34.8 Å². The van der Waals surface area contributed by atoms with Crippen molar-refractivity contribution >= 4 is 11.8 Å². The van der Waals surface area contributed by atoms with Crippen molar-refractivity contribution in [2.24, 2.45) is 5.73 Å². The number of urea groups is 1. The van der Waals surface area contributed by atoms with Crippen LogP contribution in [0.2, 0.25) is 0 Å². The van der Waals surface area contributed by atoms with Gasteiger partial charge in [-0.3, -0.25) is 15.4 Å². The number of nitrogens with one attached hydrogen (secondary N) is 1. The van der Waals surface area contributed by atoms with Gasteiger partial charge < -0.3 is 30.5 Å². The Morgan fingerprint density at radius 1 is 0.914 bits per heavy atom. The van der Waals surface area contributed by atoms with Gasteiger partial charge in [0.15, 0.2) is 17.7 Å². The molecule has 2 aliphatic heterocycles. The molecule has 1 unspecified atom stereocenters. The van der Waals surface area contributed by atoms with Gasteiger partial charge in [-0.15, -0.1) is 0 Å². The Morgan fingerprint density at radius 3 is 1.89 bits per heavy atom. The number of rotatable bonds is 18. The summed E-state index contributed by atoms with van der Waals surface area (Å²) in [5, 5.41) is 40.4. The van der Waals surface area contributed by atoms with Gasteiger partial charge in [-0.25, -0.2) is 4.79 Å². The molecule has 2 amide bonds. The molecule has 2 rings (SSSR count). The lowest BCUT2D eigenvalue weighted by molar-refractivity contribution is -0.124. The van der Waals surface area contributed by atoms with Gasteiger partial charge in [-0.1, -0.05) is 70.6 Å². The van der Waals surface area contributed by atoms with Gasteiger partial charge in [-0.2, -0.15) is 0 Å². The molecule has 1 fully saturated rings. The molecule has 202 valence electrons. The zero-order valence-electron chi connectivity index (χ0n) is 20.8. The quantitative estimate of drug-likeness (QED) is 0.155. The summed E-state index contributed by atoms with van der Waals surface area (Å²) in [6, 6.07) is -0.719. The van der Waals surface area contributed by atoms with Gasteiger partial charge in [0, 0.05) is 19.2 Å². The van der Waals surface area contributed by atoms with E-state index in [-0.39, 0.29) is 12.2 Å². The third-order valence-electron chi connectivity index (χ3n) is 6.86. The third kappa shape index (κ3) is 9.11. The van der Waals surface area contributed by atoms with Gasteiger partial charge >= 0.3 is 6.03 Å². The summed E-state index contributed by atoms with van der Waals surface area (Å²) in [7, 11) is 0. The lowest BCUT2D eigenvalue weighted by atomic mass is 9.98. The van der Waals surface area contributed by atoms with Crippen LogP contribution in [0.25, 0.3) is 0 Å². The highest BCUT2D eigenvalue weighted by atomic mass is 16.6. The first-order chi connectivity index (χ1) is 16.8.